The number of anilines is 1. The van der Waals surface area contributed by atoms with E-state index in [0.29, 0.717) is 0 Å². The van der Waals surface area contributed by atoms with Gasteiger partial charge in [0.05, 0.1) is 0 Å². The molecule has 0 saturated heterocycles. The van der Waals surface area contributed by atoms with Crippen molar-refractivity contribution in [1.29, 1.82) is 0 Å². The van der Waals surface area contributed by atoms with Gasteiger partial charge in [-0.05, 0) is 48.1 Å². The molecule has 0 saturated carbocycles. The van der Waals surface area contributed by atoms with Crippen molar-refractivity contribution in [2.75, 3.05) is 11.9 Å². The van der Waals surface area contributed by atoms with Crippen molar-refractivity contribution in [1.82, 2.24) is 5.32 Å². The maximum atomic E-state index is 12.4. The summed E-state index contributed by atoms with van der Waals surface area (Å²) in [6, 6.07) is 14.6. The monoisotopic (exact) mass is 278 g/mol. The highest BCUT2D eigenvalue weighted by Crippen LogP contribution is 2.24. The largest absolute Gasteiger partial charge is 0.384 e. The Balaban J connectivity index is 1.47. The molecule has 0 fully saturated rings. The van der Waals surface area contributed by atoms with E-state index < -0.39 is 0 Å². The van der Waals surface area contributed by atoms with E-state index in [4.69, 9.17) is 0 Å². The number of carbonyl (C=O) groups is 1. The third-order valence-corrected chi connectivity index (χ3v) is 4.47. The first kappa shape index (κ1) is 12.5. The molecule has 1 aliphatic heterocycles. The molecule has 21 heavy (non-hydrogen) atoms. The van der Waals surface area contributed by atoms with Crippen molar-refractivity contribution >= 4 is 11.6 Å². The maximum absolute atomic E-state index is 12.4. The molecular formula is C18H18N2O. The van der Waals surface area contributed by atoms with Crippen LogP contribution in [0.3, 0.4) is 0 Å². The Morgan fingerprint density at radius 1 is 1.05 bits per heavy atom. The molecule has 0 unspecified atom stereocenters. The molecule has 2 aliphatic rings. The van der Waals surface area contributed by atoms with Gasteiger partial charge < -0.3 is 10.6 Å². The Bertz CT molecular complexity index is 683. The quantitative estimate of drug-likeness (QED) is 0.886. The second-order valence-corrected chi connectivity index (χ2v) is 5.90. The van der Waals surface area contributed by atoms with Gasteiger partial charge in [0.25, 0.3) is 5.91 Å². The minimum absolute atomic E-state index is 0.0318. The van der Waals surface area contributed by atoms with E-state index in [0.717, 1.165) is 37.1 Å². The summed E-state index contributed by atoms with van der Waals surface area (Å²) in [5, 5.41) is 6.49. The third-order valence-electron chi connectivity index (χ3n) is 4.47. The standard InChI is InChI=1S/C18H18N2O/c21-18(15-6-5-12-7-8-19-17(12)11-15)20-16-9-13-3-1-2-4-14(13)10-16/h1-6,11,16,19H,7-10H2,(H,20,21). The molecule has 1 heterocycles. The van der Waals surface area contributed by atoms with Crippen molar-refractivity contribution in [3.8, 4) is 0 Å². The summed E-state index contributed by atoms with van der Waals surface area (Å²) in [4.78, 5) is 12.4. The summed E-state index contributed by atoms with van der Waals surface area (Å²) in [7, 11) is 0. The van der Waals surface area contributed by atoms with Crippen LogP contribution in [-0.2, 0) is 19.3 Å². The van der Waals surface area contributed by atoms with Crippen LogP contribution >= 0.6 is 0 Å². The Labute approximate surface area is 124 Å². The topological polar surface area (TPSA) is 41.1 Å². The number of carbonyl (C=O) groups excluding carboxylic acids is 1. The molecule has 2 aromatic carbocycles. The first-order chi connectivity index (χ1) is 10.3. The molecule has 0 bridgehead atoms. The zero-order chi connectivity index (χ0) is 14.2. The molecule has 0 aromatic heterocycles. The summed E-state index contributed by atoms with van der Waals surface area (Å²) in [6.45, 7) is 0.971. The number of amides is 1. The first-order valence-electron chi connectivity index (χ1n) is 7.54. The lowest BCUT2D eigenvalue weighted by Crippen LogP contribution is -2.35. The maximum Gasteiger partial charge on any atom is 0.251 e. The van der Waals surface area contributed by atoms with E-state index in [2.05, 4.69) is 41.0 Å². The SMILES string of the molecule is O=C(NC1Cc2ccccc2C1)c1ccc2c(c1)NCC2. The molecule has 0 radical (unpaired) electrons. The molecule has 106 valence electrons. The van der Waals surface area contributed by atoms with Gasteiger partial charge in [-0.1, -0.05) is 30.3 Å². The lowest BCUT2D eigenvalue weighted by Gasteiger charge is -2.12. The fraction of sp³-hybridized carbons (Fsp3) is 0.278. The molecule has 2 aromatic rings. The van der Waals surface area contributed by atoms with E-state index in [1.807, 2.05) is 12.1 Å². The van der Waals surface area contributed by atoms with Crippen molar-refractivity contribution in [3.05, 3.63) is 64.7 Å². The molecule has 2 N–H and O–H groups in total. The fourth-order valence-electron chi connectivity index (χ4n) is 3.36. The zero-order valence-electron chi connectivity index (χ0n) is 11.9. The average Bonchev–Trinajstić information content (AvgIpc) is 3.11. The number of benzene rings is 2. The number of fused-ring (bicyclic) bond motifs is 2. The molecule has 3 nitrogen and oxygen atoms in total. The van der Waals surface area contributed by atoms with Crippen LogP contribution in [0.2, 0.25) is 0 Å². The van der Waals surface area contributed by atoms with Gasteiger partial charge in [0, 0.05) is 23.8 Å². The molecule has 0 spiro atoms. The van der Waals surface area contributed by atoms with Gasteiger partial charge in [-0.25, -0.2) is 0 Å². The van der Waals surface area contributed by atoms with Crippen molar-refractivity contribution in [3.63, 3.8) is 0 Å². The predicted molar refractivity (Wildman–Crippen MR) is 83.7 cm³/mol. The third kappa shape index (κ3) is 2.29. The smallest absolute Gasteiger partial charge is 0.251 e. The van der Waals surface area contributed by atoms with Gasteiger partial charge in [0.15, 0.2) is 0 Å². The van der Waals surface area contributed by atoms with Crippen LogP contribution in [0, 0.1) is 0 Å². The zero-order valence-corrected chi connectivity index (χ0v) is 11.9. The van der Waals surface area contributed by atoms with E-state index in [1.54, 1.807) is 0 Å². The molecule has 3 heteroatoms. The van der Waals surface area contributed by atoms with Crippen LogP contribution in [0.15, 0.2) is 42.5 Å². The lowest BCUT2D eigenvalue weighted by molar-refractivity contribution is 0.0938. The molecule has 0 atom stereocenters. The highest BCUT2D eigenvalue weighted by Gasteiger charge is 2.23. The summed E-state index contributed by atoms with van der Waals surface area (Å²) in [5.74, 6) is 0.0318. The number of nitrogens with one attached hydrogen (secondary N) is 2. The number of hydrogen-bond donors (Lipinski definition) is 2. The van der Waals surface area contributed by atoms with Crippen LogP contribution < -0.4 is 10.6 Å². The van der Waals surface area contributed by atoms with Gasteiger partial charge in [-0.2, -0.15) is 0 Å². The Morgan fingerprint density at radius 3 is 2.57 bits per heavy atom. The van der Waals surface area contributed by atoms with Crippen LogP contribution in [0.1, 0.15) is 27.0 Å². The molecule has 1 aliphatic carbocycles. The van der Waals surface area contributed by atoms with Crippen molar-refractivity contribution in [2.24, 2.45) is 0 Å². The molecular weight excluding hydrogens is 260 g/mol. The minimum atomic E-state index is 0.0318. The van der Waals surface area contributed by atoms with Crippen LogP contribution in [-0.4, -0.2) is 18.5 Å². The Hall–Kier alpha value is -2.29. The highest BCUT2D eigenvalue weighted by molar-refractivity contribution is 5.95. The van der Waals surface area contributed by atoms with E-state index in [-0.39, 0.29) is 11.9 Å². The van der Waals surface area contributed by atoms with E-state index in [1.165, 1.54) is 16.7 Å². The Morgan fingerprint density at radius 2 is 1.81 bits per heavy atom. The summed E-state index contributed by atoms with van der Waals surface area (Å²) in [6.07, 6.45) is 2.92. The fourth-order valence-corrected chi connectivity index (χ4v) is 3.36. The van der Waals surface area contributed by atoms with Crippen molar-refractivity contribution < 1.29 is 4.79 Å². The predicted octanol–water partition coefficient (Wildman–Crippen LogP) is 2.55. The molecule has 1 amide bonds. The first-order valence-corrected chi connectivity index (χ1v) is 7.54. The average molecular weight is 278 g/mol. The number of rotatable bonds is 2. The lowest BCUT2D eigenvalue weighted by atomic mass is 10.1. The summed E-state index contributed by atoms with van der Waals surface area (Å²) < 4.78 is 0. The van der Waals surface area contributed by atoms with Crippen LogP contribution in [0.4, 0.5) is 5.69 Å². The van der Waals surface area contributed by atoms with Gasteiger partial charge in [-0.3, -0.25) is 4.79 Å². The summed E-state index contributed by atoms with van der Waals surface area (Å²) >= 11 is 0. The normalized spacial score (nSPS) is 16.2. The van der Waals surface area contributed by atoms with Gasteiger partial charge in [0.1, 0.15) is 0 Å². The number of hydrogen-bond acceptors (Lipinski definition) is 2. The summed E-state index contributed by atoms with van der Waals surface area (Å²) in [5.41, 5.74) is 5.88. The van der Waals surface area contributed by atoms with Crippen molar-refractivity contribution in [2.45, 2.75) is 25.3 Å². The minimum Gasteiger partial charge on any atom is -0.384 e. The van der Waals surface area contributed by atoms with Crippen LogP contribution in [0.25, 0.3) is 0 Å². The second kappa shape index (κ2) is 4.92. The highest BCUT2D eigenvalue weighted by atomic mass is 16.1. The van der Waals surface area contributed by atoms with Gasteiger partial charge in [-0.15, -0.1) is 0 Å². The van der Waals surface area contributed by atoms with E-state index >= 15 is 0 Å². The van der Waals surface area contributed by atoms with Crippen LogP contribution in [0.5, 0.6) is 0 Å². The van der Waals surface area contributed by atoms with E-state index in [9.17, 15) is 4.79 Å². The van der Waals surface area contributed by atoms with Gasteiger partial charge >= 0.3 is 0 Å². The molecule has 4 rings (SSSR count). The van der Waals surface area contributed by atoms with Gasteiger partial charge in [0.2, 0.25) is 0 Å². The Kier molecular flexibility index (Phi) is 2.92. The second-order valence-electron chi connectivity index (χ2n) is 5.90.